The third kappa shape index (κ3) is 6.77. The maximum absolute atomic E-state index is 13.8. The molecule has 0 bridgehead atoms. The molecule has 8 nitrogen and oxygen atoms in total. The van der Waals surface area contributed by atoms with Crippen LogP contribution in [0, 0.1) is 0 Å². The van der Waals surface area contributed by atoms with Crippen molar-refractivity contribution in [3.63, 3.8) is 0 Å². The van der Waals surface area contributed by atoms with Crippen LogP contribution in [0.2, 0.25) is 0 Å². The number of anilines is 3. The van der Waals surface area contributed by atoms with Crippen molar-refractivity contribution in [3.8, 4) is 5.75 Å². The lowest BCUT2D eigenvalue weighted by Gasteiger charge is -2.31. The number of hydrogen-bond donors (Lipinski definition) is 1. The normalized spacial score (nSPS) is 14.6. The van der Waals surface area contributed by atoms with Gasteiger partial charge in [0.15, 0.2) is 5.82 Å². The molecule has 1 N–H and O–H groups in total. The van der Waals surface area contributed by atoms with E-state index in [1.165, 1.54) is 36.9 Å². The van der Waals surface area contributed by atoms with Gasteiger partial charge in [0.05, 0.1) is 30.1 Å². The molecule has 0 aliphatic carbocycles. The predicted molar refractivity (Wildman–Crippen MR) is 163 cm³/mol. The number of carbonyl (C=O) groups excluding carboxylic acids is 2. The fourth-order valence-corrected chi connectivity index (χ4v) is 5.77. The number of nitrogens with zero attached hydrogens (tertiary/aromatic N) is 4. The number of fused-ring (bicyclic) bond motifs is 3. The number of unbranched alkanes of at least 4 members (excludes halogenated alkanes) is 3. The van der Waals surface area contributed by atoms with Crippen molar-refractivity contribution in [2.45, 2.75) is 52.5 Å². The Balaban J connectivity index is 1.20. The zero-order valence-corrected chi connectivity index (χ0v) is 24.3. The van der Waals surface area contributed by atoms with E-state index in [4.69, 9.17) is 4.74 Å². The van der Waals surface area contributed by atoms with Gasteiger partial charge in [-0.1, -0.05) is 51.0 Å². The Bertz CT molecular complexity index is 1360. The standard InChI is InChI=1S/C33H41N5O3/c1-3-36(4-2)20-9-5-6-10-22-41-30-17-11-13-25-23-37(21-18-26(25)30)24-31(39)38-29-16-8-7-14-27(29)33(40)35-28-15-12-19-34-32(28)38/h7-8,11-17,19H,3-6,9-10,18,20-24H2,1-2H3,(H,35,40). The Hall–Kier alpha value is -3.75. The number of rotatable bonds is 12. The highest BCUT2D eigenvalue weighted by atomic mass is 16.5. The quantitative estimate of drug-likeness (QED) is 0.291. The number of amides is 2. The van der Waals surface area contributed by atoms with E-state index in [0.717, 1.165) is 44.8 Å². The monoisotopic (exact) mass is 555 g/mol. The lowest BCUT2D eigenvalue weighted by Crippen LogP contribution is -2.41. The number of nitrogens with one attached hydrogen (secondary N) is 1. The van der Waals surface area contributed by atoms with Gasteiger partial charge >= 0.3 is 0 Å². The Labute approximate surface area is 243 Å². The average molecular weight is 556 g/mol. The molecular formula is C33H41N5O3. The van der Waals surface area contributed by atoms with Gasteiger partial charge in [-0.15, -0.1) is 0 Å². The lowest BCUT2D eigenvalue weighted by atomic mass is 9.98. The molecule has 2 aromatic carbocycles. The first kappa shape index (κ1) is 28.8. The molecule has 0 atom stereocenters. The molecule has 0 spiro atoms. The van der Waals surface area contributed by atoms with Crippen molar-refractivity contribution >= 4 is 29.0 Å². The van der Waals surface area contributed by atoms with Crippen LogP contribution in [0.15, 0.2) is 60.8 Å². The summed E-state index contributed by atoms with van der Waals surface area (Å²) >= 11 is 0. The second-order valence-electron chi connectivity index (χ2n) is 10.7. The van der Waals surface area contributed by atoms with E-state index in [-0.39, 0.29) is 18.4 Å². The van der Waals surface area contributed by atoms with Crippen LogP contribution in [0.25, 0.3) is 0 Å². The summed E-state index contributed by atoms with van der Waals surface area (Å²) < 4.78 is 6.24. The summed E-state index contributed by atoms with van der Waals surface area (Å²) in [4.78, 5) is 37.4. The highest BCUT2D eigenvalue weighted by molar-refractivity contribution is 6.17. The third-order valence-corrected chi connectivity index (χ3v) is 8.07. The second kappa shape index (κ2) is 13.7. The van der Waals surface area contributed by atoms with Crippen LogP contribution in [0.4, 0.5) is 17.2 Å². The summed E-state index contributed by atoms with van der Waals surface area (Å²) in [5.41, 5.74) is 3.98. The molecule has 3 aromatic rings. The van der Waals surface area contributed by atoms with Gasteiger partial charge in [0.2, 0.25) is 5.91 Å². The number of hydrogen-bond acceptors (Lipinski definition) is 6. The zero-order valence-electron chi connectivity index (χ0n) is 24.3. The van der Waals surface area contributed by atoms with E-state index in [1.54, 1.807) is 41.4 Å². The van der Waals surface area contributed by atoms with Crippen LogP contribution in [0.3, 0.4) is 0 Å². The van der Waals surface area contributed by atoms with Crippen LogP contribution in [-0.2, 0) is 17.8 Å². The molecule has 2 aliphatic rings. The fourth-order valence-electron chi connectivity index (χ4n) is 5.77. The molecule has 0 saturated carbocycles. The smallest absolute Gasteiger partial charge is 0.257 e. The molecule has 5 rings (SSSR count). The summed E-state index contributed by atoms with van der Waals surface area (Å²) in [6.07, 6.45) is 7.20. The Morgan fingerprint density at radius 1 is 1.00 bits per heavy atom. The van der Waals surface area contributed by atoms with Crippen LogP contribution >= 0.6 is 0 Å². The maximum atomic E-state index is 13.8. The number of carbonyl (C=O) groups is 2. The molecule has 0 radical (unpaired) electrons. The van der Waals surface area contributed by atoms with Crippen molar-refractivity contribution in [2.24, 2.45) is 0 Å². The number of pyridine rings is 1. The van der Waals surface area contributed by atoms with Crippen LogP contribution in [-0.4, -0.2) is 65.9 Å². The zero-order chi connectivity index (χ0) is 28.6. The molecule has 0 saturated heterocycles. The van der Waals surface area contributed by atoms with E-state index in [9.17, 15) is 9.59 Å². The second-order valence-corrected chi connectivity index (χ2v) is 10.7. The first-order valence-corrected chi connectivity index (χ1v) is 15.0. The summed E-state index contributed by atoms with van der Waals surface area (Å²) in [6, 6.07) is 17.0. The minimum absolute atomic E-state index is 0.120. The van der Waals surface area contributed by atoms with E-state index < -0.39 is 0 Å². The first-order valence-electron chi connectivity index (χ1n) is 15.0. The Morgan fingerprint density at radius 2 is 1.83 bits per heavy atom. The lowest BCUT2D eigenvalue weighted by molar-refractivity contribution is -0.119. The molecule has 8 heteroatoms. The van der Waals surface area contributed by atoms with Crippen molar-refractivity contribution < 1.29 is 14.3 Å². The van der Waals surface area contributed by atoms with Crippen LogP contribution in [0.5, 0.6) is 5.75 Å². The van der Waals surface area contributed by atoms with Crippen molar-refractivity contribution in [3.05, 3.63) is 77.5 Å². The fraction of sp³-hybridized carbons (Fsp3) is 0.424. The van der Waals surface area contributed by atoms with Crippen molar-refractivity contribution in [2.75, 3.05) is 49.5 Å². The topological polar surface area (TPSA) is 78.0 Å². The average Bonchev–Trinajstić information content (AvgIpc) is 3.12. The molecule has 3 heterocycles. The number of ether oxygens (including phenoxy) is 1. The highest BCUT2D eigenvalue weighted by Crippen LogP contribution is 2.36. The summed E-state index contributed by atoms with van der Waals surface area (Å²) in [7, 11) is 0. The summed E-state index contributed by atoms with van der Waals surface area (Å²) in [5, 5.41) is 2.90. The number of aromatic nitrogens is 1. The SMILES string of the molecule is CCN(CC)CCCCCCOc1cccc2c1CCN(CC(=O)N1c3ccccc3C(=O)Nc3cccnc31)C2. The van der Waals surface area contributed by atoms with E-state index in [1.807, 2.05) is 12.1 Å². The van der Waals surface area contributed by atoms with Gasteiger partial charge < -0.3 is 15.0 Å². The largest absolute Gasteiger partial charge is 0.493 e. The van der Waals surface area contributed by atoms with Crippen LogP contribution in [0.1, 0.15) is 61.0 Å². The molecule has 2 aliphatic heterocycles. The maximum Gasteiger partial charge on any atom is 0.257 e. The van der Waals surface area contributed by atoms with Gasteiger partial charge in [-0.05, 0) is 80.4 Å². The molecule has 0 unspecified atom stereocenters. The van der Waals surface area contributed by atoms with Crippen molar-refractivity contribution in [1.82, 2.24) is 14.8 Å². The van der Waals surface area contributed by atoms with Gasteiger partial charge in [0.1, 0.15) is 5.75 Å². The van der Waals surface area contributed by atoms with E-state index >= 15 is 0 Å². The van der Waals surface area contributed by atoms with Gasteiger partial charge in [0, 0.05) is 19.3 Å². The molecule has 1 aromatic heterocycles. The highest BCUT2D eigenvalue weighted by Gasteiger charge is 2.31. The molecule has 0 fully saturated rings. The van der Waals surface area contributed by atoms with Gasteiger partial charge in [0.25, 0.3) is 5.91 Å². The molecule has 216 valence electrons. The summed E-state index contributed by atoms with van der Waals surface area (Å²) in [5.74, 6) is 1.05. The Morgan fingerprint density at radius 3 is 2.68 bits per heavy atom. The van der Waals surface area contributed by atoms with Gasteiger partial charge in [-0.2, -0.15) is 0 Å². The number of para-hydroxylation sites is 1. The predicted octanol–water partition coefficient (Wildman–Crippen LogP) is 5.65. The van der Waals surface area contributed by atoms with Gasteiger partial charge in [-0.25, -0.2) is 4.98 Å². The Kier molecular flexibility index (Phi) is 9.64. The van der Waals surface area contributed by atoms with Gasteiger partial charge in [-0.3, -0.25) is 19.4 Å². The van der Waals surface area contributed by atoms with Crippen LogP contribution < -0.4 is 15.0 Å². The minimum Gasteiger partial charge on any atom is -0.493 e. The molecule has 2 amide bonds. The van der Waals surface area contributed by atoms with E-state index in [2.05, 4.69) is 46.1 Å². The molecular weight excluding hydrogens is 514 g/mol. The number of benzene rings is 2. The van der Waals surface area contributed by atoms with E-state index in [0.29, 0.717) is 29.3 Å². The van der Waals surface area contributed by atoms with Crippen molar-refractivity contribution in [1.29, 1.82) is 0 Å². The molecule has 41 heavy (non-hydrogen) atoms. The minimum atomic E-state index is -0.246. The summed E-state index contributed by atoms with van der Waals surface area (Å²) in [6.45, 7) is 10.3. The first-order chi connectivity index (χ1) is 20.1. The third-order valence-electron chi connectivity index (χ3n) is 8.07.